The lowest BCUT2D eigenvalue weighted by molar-refractivity contribution is 0.276. The smallest absolute Gasteiger partial charge is 0.493 e. The third-order valence-electron chi connectivity index (χ3n) is 5.47. The van der Waals surface area contributed by atoms with E-state index < -0.39 is 8.25 Å². The van der Waals surface area contributed by atoms with Crippen molar-refractivity contribution < 1.29 is 23.1 Å². The Kier molecular flexibility index (Phi) is 11.2. The number of halogens is 1. The lowest BCUT2D eigenvalue weighted by atomic mass is 10.0. The van der Waals surface area contributed by atoms with Gasteiger partial charge in [-0.05, 0) is 85.2 Å². The fourth-order valence-electron chi connectivity index (χ4n) is 3.82. The van der Waals surface area contributed by atoms with Crippen molar-refractivity contribution in [2.45, 2.75) is 46.1 Å². The number of benzene rings is 2. The van der Waals surface area contributed by atoms with Crippen LogP contribution in [-0.2, 0) is 28.5 Å². The van der Waals surface area contributed by atoms with E-state index in [2.05, 4.69) is 48.0 Å². The van der Waals surface area contributed by atoms with Crippen LogP contribution in [0.3, 0.4) is 0 Å². The summed E-state index contributed by atoms with van der Waals surface area (Å²) in [5, 5.41) is 4.16. The molecule has 8 heteroatoms. The Morgan fingerprint density at radius 2 is 1.91 bits per heavy atom. The Bertz CT molecular complexity index is 1070. The van der Waals surface area contributed by atoms with Crippen molar-refractivity contribution in [2.24, 2.45) is 5.92 Å². The molecule has 1 unspecified atom stereocenters. The maximum absolute atomic E-state index is 10.5. The van der Waals surface area contributed by atoms with Gasteiger partial charge in [0, 0.05) is 16.1 Å². The largest absolute Gasteiger partial charge is 0.694 e. The molecule has 2 N–H and O–H groups in total. The summed E-state index contributed by atoms with van der Waals surface area (Å²) >= 11 is 6.47. The molecular formula is C27H34ClNO5P+. The summed E-state index contributed by atoms with van der Waals surface area (Å²) in [4.78, 5) is 8.66. The fraction of sp³-hybridized carbons (Fsp3) is 0.407. The molecule has 0 saturated heterocycles. The summed E-state index contributed by atoms with van der Waals surface area (Å²) in [5.74, 6) is 2.13. The first-order valence-electron chi connectivity index (χ1n) is 12.0. The third kappa shape index (κ3) is 9.40. The minimum Gasteiger partial charge on any atom is -0.493 e. The normalized spacial score (nSPS) is 11.7. The highest BCUT2D eigenvalue weighted by atomic mass is 35.5. The first kappa shape index (κ1) is 27.4. The molecule has 1 heterocycles. The van der Waals surface area contributed by atoms with Gasteiger partial charge in [-0.2, -0.15) is 0 Å². The van der Waals surface area contributed by atoms with Crippen LogP contribution in [0.25, 0.3) is 11.3 Å². The molecule has 0 spiro atoms. The minimum atomic E-state index is -2.53. The number of nitrogens with one attached hydrogen (secondary N) is 1. The van der Waals surface area contributed by atoms with Gasteiger partial charge in [0.2, 0.25) is 0 Å². The molecule has 3 rings (SSSR count). The Balaban J connectivity index is 1.53. The highest BCUT2D eigenvalue weighted by molar-refractivity contribution is 7.32. The van der Waals surface area contributed by atoms with Gasteiger partial charge in [-0.1, -0.05) is 43.6 Å². The van der Waals surface area contributed by atoms with E-state index in [9.17, 15) is 4.57 Å². The molecule has 1 aromatic heterocycles. The zero-order chi connectivity index (χ0) is 25.0. The lowest BCUT2D eigenvalue weighted by Crippen LogP contribution is -2.16. The molecule has 35 heavy (non-hydrogen) atoms. The van der Waals surface area contributed by atoms with Crippen LogP contribution in [0, 0.1) is 5.92 Å². The fourth-order valence-corrected chi connectivity index (χ4v) is 4.39. The Labute approximate surface area is 213 Å². The van der Waals surface area contributed by atoms with Crippen molar-refractivity contribution in [3.05, 3.63) is 76.5 Å². The minimum absolute atomic E-state index is 0.247. The lowest BCUT2D eigenvalue weighted by Gasteiger charge is -2.13. The molecule has 0 bridgehead atoms. The molecule has 0 aliphatic carbocycles. The SMILES string of the molecule is CC(C)Cc1ccc(CCCOc2ccc(CNCCCO[P+](=O)O)cc2-c2ccco2)cc1Cl. The molecule has 3 aromatic rings. The molecule has 1 atom stereocenters. The predicted molar refractivity (Wildman–Crippen MR) is 140 cm³/mol. The van der Waals surface area contributed by atoms with Crippen molar-refractivity contribution in [1.82, 2.24) is 5.32 Å². The van der Waals surface area contributed by atoms with Gasteiger partial charge >= 0.3 is 8.25 Å². The Morgan fingerprint density at radius 3 is 2.63 bits per heavy atom. The molecule has 0 radical (unpaired) electrons. The molecule has 0 amide bonds. The first-order chi connectivity index (χ1) is 16.9. The van der Waals surface area contributed by atoms with Crippen molar-refractivity contribution in [3.8, 4) is 17.1 Å². The van der Waals surface area contributed by atoms with Crippen LogP contribution in [0.15, 0.2) is 59.2 Å². The highest BCUT2D eigenvalue weighted by Crippen LogP contribution is 2.32. The molecule has 0 aliphatic rings. The second-order valence-corrected chi connectivity index (χ2v) is 10.0. The first-order valence-corrected chi connectivity index (χ1v) is 13.5. The van der Waals surface area contributed by atoms with E-state index in [1.165, 1.54) is 11.1 Å². The summed E-state index contributed by atoms with van der Waals surface area (Å²) in [6.07, 6.45) is 5.07. The summed E-state index contributed by atoms with van der Waals surface area (Å²) < 4.78 is 27.0. The summed E-state index contributed by atoms with van der Waals surface area (Å²) in [5.41, 5.74) is 4.43. The topological polar surface area (TPSA) is 80.9 Å². The zero-order valence-corrected chi connectivity index (χ0v) is 22.0. The van der Waals surface area contributed by atoms with E-state index in [0.717, 1.165) is 46.9 Å². The highest BCUT2D eigenvalue weighted by Gasteiger charge is 2.12. The molecule has 188 valence electrons. The van der Waals surface area contributed by atoms with Gasteiger partial charge in [0.25, 0.3) is 0 Å². The van der Waals surface area contributed by atoms with E-state index in [4.69, 9.17) is 25.6 Å². The molecule has 6 nitrogen and oxygen atoms in total. The van der Waals surface area contributed by atoms with Crippen LogP contribution in [0.2, 0.25) is 5.02 Å². The second-order valence-electron chi connectivity index (χ2n) is 8.88. The number of hydrogen-bond acceptors (Lipinski definition) is 5. The number of hydrogen-bond donors (Lipinski definition) is 2. The van der Waals surface area contributed by atoms with Gasteiger partial charge in [0.05, 0.1) is 18.4 Å². The van der Waals surface area contributed by atoms with Crippen LogP contribution in [0.4, 0.5) is 0 Å². The molecular weight excluding hydrogens is 485 g/mol. The van der Waals surface area contributed by atoms with Crippen LogP contribution >= 0.6 is 19.9 Å². The van der Waals surface area contributed by atoms with Gasteiger partial charge < -0.3 is 14.5 Å². The average Bonchev–Trinajstić information content (AvgIpc) is 3.35. The van der Waals surface area contributed by atoms with Crippen LogP contribution in [0.1, 0.15) is 43.4 Å². The number of ether oxygens (including phenoxy) is 1. The van der Waals surface area contributed by atoms with Crippen LogP contribution < -0.4 is 10.1 Å². The Morgan fingerprint density at radius 1 is 1.09 bits per heavy atom. The quantitative estimate of drug-likeness (QED) is 0.167. The van der Waals surface area contributed by atoms with E-state index in [1.54, 1.807) is 6.26 Å². The van der Waals surface area contributed by atoms with Crippen LogP contribution in [0.5, 0.6) is 5.75 Å². The molecule has 0 saturated carbocycles. The standard InChI is InChI=1S/C27H33ClNO5P/c1-20(2)16-23-10-8-21(18-25(23)28)6-3-13-33-27-11-9-22(17-24(27)26-7-4-14-32-26)19-29-12-5-15-34-35(30)31/h4,7-11,14,17-18,20,29H,3,5-6,12-13,15-16,19H2,1-2H3/p+1. The van der Waals surface area contributed by atoms with Crippen molar-refractivity contribution in [2.75, 3.05) is 19.8 Å². The molecule has 0 fully saturated rings. The maximum Gasteiger partial charge on any atom is 0.694 e. The molecule has 2 aromatic carbocycles. The van der Waals surface area contributed by atoms with E-state index in [-0.39, 0.29) is 6.61 Å². The summed E-state index contributed by atoms with van der Waals surface area (Å²) in [6, 6.07) is 16.2. The molecule has 0 aliphatic heterocycles. The summed E-state index contributed by atoms with van der Waals surface area (Å²) in [6.45, 7) is 6.57. The second kappa shape index (κ2) is 14.4. The number of aryl methyl sites for hydroxylation is 1. The van der Waals surface area contributed by atoms with Crippen LogP contribution in [-0.4, -0.2) is 24.7 Å². The van der Waals surface area contributed by atoms with Gasteiger partial charge in [0.15, 0.2) is 0 Å². The maximum atomic E-state index is 10.5. The summed E-state index contributed by atoms with van der Waals surface area (Å²) in [7, 11) is -2.53. The van der Waals surface area contributed by atoms with Gasteiger partial charge in [-0.25, -0.2) is 0 Å². The zero-order valence-electron chi connectivity index (χ0n) is 20.3. The van der Waals surface area contributed by atoms with Gasteiger partial charge in [-0.15, -0.1) is 9.42 Å². The Hall–Kier alpha value is -2.21. The predicted octanol–water partition coefficient (Wildman–Crippen LogP) is 6.96. The van der Waals surface area contributed by atoms with Crippen molar-refractivity contribution in [3.63, 3.8) is 0 Å². The average molecular weight is 519 g/mol. The number of rotatable bonds is 15. The van der Waals surface area contributed by atoms with Crippen molar-refractivity contribution in [1.29, 1.82) is 0 Å². The third-order valence-corrected chi connectivity index (χ3v) is 6.23. The van der Waals surface area contributed by atoms with E-state index in [1.807, 2.05) is 24.3 Å². The van der Waals surface area contributed by atoms with Gasteiger partial charge in [0.1, 0.15) is 18.1 Å². The van der Waals surface area contributed by atoms with E-state index >= 15 is 0 Å². The monoisotopic (exact) mass is 518 g/mol. The number of furan rings is 1. The van der Waals surface area contributed by atoms with E-state index in [0.29, 0.717) is 32.0 Å². The van der Waals surface area contributed by atoms with Crippen molar-refractivity contribution >= 4 is 19.9 Å². The van der Waals surface area contributed by atoms with Gasteiger partial charge in [-0.3, -0.25) is 0 Å².